The molecule has 0 bridgehead atoms. The number of hydrogen-bond donors (Lipinski definition) is 0. The predicted molar refractivity (Wildman–Crippen MR) is 108 cm³/mol. The molecule has 3 rings (SSSR count). The van der Waals surface area contributed by atoms with E-state index >= 15 is 0 Å². The monoisotopic (exact) mass is 370 g/mol. The van der Waals surface area contributed by atoms with Gasteiger partial charge < -0.3 is 14.2 Å². The average molecular weight is 370 g/mol. The summed E-state index contributed by atoms with van der Waals surface area (Å²) in [7, 11) is 4.97. The van der Waals surface area contributed by atoms with Crippen LogP contribution in [-0.4, -0.2) is 57.3 Å². The molecular formula is C22H30N2O3. The largest absolute Gasteiger partial charge is 0.493 e. The number of methoxy groups -OCH3 is 3. The molecule has 0 saturated carbocycles. The molecule has 1 atom stereocenters. The van der Waals surface area contributed by atoms with Gasteiger partial charge in [-0.15, -0.1) is 0 Å². The standard InChI is InChI=1S/C22H30N2O3/c1-17(18-8-6-5-7-9-18)24-14-12-23(13-15-24)16-19-10-11-20(25-2)22(27-4)21(19)26-3/h5-11,17H,12-16H2,1-4H3. The molecule has 0 amide bonds. The molecule has 1 unspecified atom stereocenters. The first kappa shape index (κ1) is 19.5. The summed E-state index contributed by atoms with van der Waals surface area (Å²) < 4.78 is 16.5. The average Bonchev–Trinajstić information content (AvgIpc) is 2.73. The van der Waals surface area contributed by atoms with Crippen molar-refractivity contribution >= 4 is 0 Å². The van der Waals surface area contributed by atoms with Crippen LogP contribution < -0.4 is 14.2 Å². The Morgan fingerprint density at radius 3 is 2.07 bits per heavy atom. The number of piperazine rings is 1. The zero-order valence-electron chi connectivity index (χ0n) is 16.8. The topological polar surface area (TPSA) is 34.2 Å². The maximum atomic E-state index is 5.63. The Labute approximate surface area is 162 Å². The van der Waals surface area contributed by atoms with Crippen molar-refractivity contribution in [2.75, 3.05) is 47.5 Å². The zero-order valence-corrected chi connectivity index (χ0v) is 16.8. The van der Waals surface area contributed by atoms with Gasteiger partial charge >= 0.3 is 0 Å². The van der Waals surface area contributed by atoms with Crippen molar-refractivity contribution in [1.82, 2.24) is 9.80 Å². The molecule has 146 valence electrons. The van der Waals surface area contributed by atoms with E-state index < -0.39 is 0 Å². The van der Waals surface area contributed by atoms with Gasteiger partial charge in [-0.05, 0) is 18.6 Å². The van der Waals surface area contributed by atoms with Crippen LogP contribution >= 0.6 is 0 Å². The van der Waals surface area contributed by atoms with Gasteiger partial charge in [0.25, 0.3) is 0 Å². The van der Waals surface area contributed by atoms with E-state index in [-0.39, 0.29) is 0 Å². The van der Waals surface area contributed by atoms with Crippen molar-refractivity contribution in [2.45, 2.75) is 19.5 Å². The first-order valence-electron chi connectivity index (χ1n) is 9.47. The number of ether oxygens (including phenoxy) is 3. The van der Waals surface area contributed by atoms with Crippen LogP contribution in [0, 0.1) is 0 Å². The van der Waals surface area contributed by atoms with Gasteiger partial charge in [0.15, 0.2) is 11.5 Å². The highest BCUT2D eigenvalue weighted by Gasteiger charge is 2.24. The van der Waals surface area contributed by atoms with Crippen molar-refractivity contribution in [2.24, 2.45) is 0 Å². The summed E-state index contributed by atoms with van der Waals surface area (Å²) in [6.45, 7) is 7.33. The molecule has 1 aliphatic heterocycles. The molecule has 0 aliphatic carbocycles. The molecule has 1 heterocycles. The van der Waals surface area contributed by atoms with Crippen molar-refractivity contribution in [3.8, 4) is 17.2 Å². The van der Waals surface area contributed by atoms with Crippen LogP contribution in [-0.2, 0) is 6.54 Å². The highest BCUT2D eigenvalue weighted by molar-refractivity contribution is 5.55. The van der Waals surface area contributed by atoms with Crippen LogP contribution in [0.5, 0.6) is 17.2 Å². The molecule has 5 nitrogen and oxygen atoms in total. The van der Waals surface area contributed by atoms with E-state index in [4.69, 9.17) is 14.2 Å². The minimum Gasteiger partial charge on any atom is -0.493 e. The molecule has 1 fully saturated rings. The van der Waals surface area contributed by atoms with Crippen LogP contribution in [0.1, 0.15) is 24.1 Å². The molecule has 0 spiro atoms. The lowest BCUT2D eigenvalue weighted by molar-refractivity contribution is 0.0972. The summed E-state index contributed by atoms with van der Waals surface area (Å²) in [6, 6.07) is 15.2. The lowest BCUT2D eigenvalue weighted by Crippen LogP contribution is -2.46. The zero-order chi connectivity index (χ0) is 19.2. The summed E-state index contributed by atoms with van der Waals surface area (Å²) in [6.07, 6.45) is 0. The number of rotatable bonds is 7. The Morgan fingerprint density at radius 1 is 0.815 bits per heavy atom. The molecule has 0 aromatic heterocycles. The van der Waals surface area contributed by atoms with Gasteiger partial charge in [0, 0.05) is 44.3 Å². The normalized spacial score (nSPS) is 16.7. The van der Waals surface area contributed by atoms with Gasteiger partial charge in [-0.2, -0.15) is 0 Å². The number of nitrogens with zero attached hydrogens (tertiary/aromatic N) is 2. The number of hydrogen-bond acceptors (Lipinski definition) is 5. The van der Waals surface area contributed by atoms with E-state index in [1.807, 2.05) is 6.07 Å². The third-order valence-electron chi connectivity index (χ3n) is 5.42. The first-order chi connectivity index (χ1) is 13.2. The van der Waals surface area contributed by atoms with Gasteiger partial charge in [0.1, 0.15) is 0 Å². The summed E-state index contributed by atoms with van der Waals surface area (Å²) in [5, 5.41) is 0. The second-order valence-corrected chi connectivity index (χ2v) is 6.89. The van der Waals surface area contributed by atoms with E-state index in [1.165, 1.54) is 5.56 Å². The maximum Gasteiger partial charge on any atom is 0.203 e. The third-order valence-corrected chi connectivity index (χ3v) is 5.42. The molecule has 1 saturated heterocycles. The fraction of sp³-hybridized carbons (Fsp3) is 0.455. The molecule has 2 aromatic carbocycles. The van der Waals surface area contributed by atoms with Crippen LogP contribution in [0.3, 0.4) is 0 Å². The molecule has 5 heteroatoms. The van der Waals surface area contributed by atoms with Gasteiger partial charge in [0.2, 0.25) is 5.75 Å². The van der Waals surface area contributed by atoms with Crippen molar-refractivity contribution in [3.63, 3.8) is 0 Å². The van der Waals surface area contributed by atoms with E-state index in [2.05, 4.69) is 53.1 Å². The number of benzene rings is 2. The SMILES string of the molecule is COc1ccc(CN2CCN(C(C)c3ccccc3)CC2)c(OC)c1OC. The van der Waals surface area contributed by atoms with E-state index in [0.717, 1.165) is 44.0 Å². The minimum atomic E-state index is 0.448. The van der Waals surface area contributed by atoms with Gasteiger partial charge in [-0.3, -0.25) is 9.80 Å². The summed E-state index contributed by atoms with van der Waals surface area (Å²) in [5.41, 5.74) is 2.51. The second kappa shape index (κ2) is 9.11. The fourth-order valence-electron chi connectivity index (χ4n) is 3.78. The van der Waals surface area contributed by atoms with Crippen LogP contribution in [0.15, 0.2) is 42.5 Å². The Morgan fingerprint density at radius 2 is 1.48 bits per heavy atom. The van der Waals surface area contributed by atoms with E-state index in [1.54, 1.807) is 21.3 Å². The van der Waals surface area contributed by atoms with E-state index in [9.17, 15) is 0 Å². The summed E-state index contributed by atoms with van der Waals surface area (Å²) in [5.74, 6) is 2.12. The van der Waals surface area contributed by atoms with Crippen molar-refractivity contribution in [1.29, 1.82) is 0 Å². The molecular weight excluding hydrogens is 340 g/mol. The van der Waals surface area contributed by atoms with Gasteiger partial charge in [-0.25, -0.2) is 0 Å². The molecule has 27 heavy (non-hydrogen) atoms. The van der Waals surface area contributed by atoms with Crippen molar-refractivity contribution in [3.05, 3.63) is 53.6 Å². The Balaban J connectivity index is 1.64. The quantitative estimate of drug-likeness (QED) is 0.744. The van der Waals surface area contributed by atoms with Crippen LogP contribution in [0.4, 0.5) is 0 Å². The highest BCUT2D eigenvalue weighted by Crippen LogP contribution is 2.40. The summed E-state index contributed by atoms with van der Waals surface area (Å²) in [4.78, 5) is 5.02. The van der Waals surface area contributed by atoms with E-state index in [0.29, 0.717) is 17.5 Å². The molecule has 0 N–H and O–H groups in total. The fourth-order valence-corrected chi connectivity index (χ4v) is 3.78. The minimum absolute atomic E-state index is 0.448. The molecule has 1 aliphatic rings. The smallest absolute Gasteiger partial charge is 0.203 e. The van der Waals surface area contributed by atoms with Gasteiger partial charge in [0.05, 0.1) is 21.3 Å². The van der Waals surface area contributed by atoms with Crippen molar-refractivity contribution < 1.29 is 14.2 Å². The second-order valence-electron chi connectivity index (χ2n) is 6.89. The summed E-state index contributed by atoms with van der Waals surface area (Å²) >= 11 is 0. The Bertz CT molecular complexity index is 728. The first-order valence-corrected chi connectivity index (χ1v) is 9.47. The predicted octanol–water partition coefficient (Wildman–Crippen LogP) is 3.59. The van der Waals surface area contributed by atoms with Crippen LogP contribution in [0.25, 0.3) is 0 Å². The molecule has 2 aromatic rings. The lowest BCUT2D eigenvalue weighted by Gasteiger charge is -2.38. The Hall–Kier alpha value is -2.24. The van der Waals surface area contributed by atoms with Crippen LogP contribution in [0.2, 0.25) is 0 Å². The Kier molecular flexibility index (Phi) is 6.58. The third kappa shape index (κ3) is 4.37. The maximum absolute atomic E-state index is 5.63. The van der Waals surface area contributed by atoms with Gasteiger partial charge in [-0.1, -0.05) is 36.4 Å². The lowest BCUT2D eigenvalue weighted by atomic mass is 10.1. The molecule has 0 radical (unpaired) electrons. The highest BCUT2D eigenvalue weighted by atomic mass is 16.5.